The zero-order valence-corrected chi connectivity index (χ0v) is 12.7. The first-order valence-corrected chi connectivity index (χ1v) is 7.59. The maximum Gasteiger partial charge on any atom is 0.251 e. The number of hydrogen-bond donors (Lipinski definition) is 1. The van der Waals surface area contributed by atoms with Gasteiger partial charge in [0, 0.05) is 23.1 Å². The van der Waals surface area contributed by atoms with E-state index in [1.807, 2.05) is 20.1 Å². The predicted octanol–water partition coefficient (Wildman–Crippen LogP) is 3.34. The van der Waals surface area contributed by atoms with E-state index in [0.29, 0.717) is 22.5 Å². The Labute approximate surface area is 118 Å². The second kappa shape index (κ2) is 7.00. The topological polar surface area (TPSA) is 42.0 Å². The van der Waals surface area contributed by atoms with Gasteiger partial charge in [0.05, 0.1) is 0 Å². The van der Waals surface area contributed by atoms with Crippen LogP contribution in [0.5, 0.6) is 0 Å². The summed E-state index contributed by atoms with van der Waals surface area (Å²) in [5.41, 5.74) is 1.41. The van der Waals surface area contributed by atoms with Gasteiger partial charge in [0.25, 0.3) is 5.91 Å². The quantitative estimate of drug-likeness (QED) is 0.844. The minimum absolute atomic E-state index is 0.0953. The van der Waals surface area contributed by atoms with Gasteiger partial charge >= 0.3 is 0 Å². The zero-order valence-electron chi connectivity index (χ0n) is 11.2. The third-order valence-electron chi connectivity index (χ3n) is 2.62. The fourth-order valence-corrected chi connectivity index (χ4v) is 1.83. The van der Waals surface area contributed by atoms with E-state index >= 15 is 0 Å². The Hall–Kier alpha value is -0.740. The van der Waals surface area contributed by atoms with Gasteiger partial charge in [-0.3, -0.25) is 4.79 Å². The molecule has 0 aliphatic heterocycles. The molecule has 1 aromatic rings. The van der Waals surface area contributed by atoms with E-state index in [2.05, 4.69) is 17.2 Å². The summed E-state index contributed by atoms with van der Waals surface area (Å²) in [5.74, 6) is 0.155. The van der Waals surface area contributed by atoms with Crippen LogP contribution in [0.3, 0.4) is 0 Å². The summed E-state index contributed by atoms with van der Waals surface area (Å²) in [7, 11) is 0. The molecule has 1 atom stereocenters. The van der Waals surface area contributed by atoms with Crippen LogP contribution in [0.15, 0.2) is 12.1 Å². The van der Waals surface area contributed by atoms with Crippen molar-refractivity contribution in [1.29, 1.82) is 0 Å². The van der Waals surface area contributed by atoms with Crippen LogP contribution < -0.4 is 5.32 Å². The molecule has 1 rings (SSSR count). The number of pyridine rings is 1. The van der Waals surface area contributed by atoms with E-state index in [4.69, 9.17) is 11.6 Å². The second-order valence-electron chi connectivity index (χ2n) is 4.51. The Morgan fingerprint density at radius 3 is 2.67 bits per heavy atom. The lowest BCUT2D eigenvalue weighted by Gasteiger charge is -2.11. The number of amides is 1. The van der Waals surface area contributed by atoms with Crippen molar-refractivity contribution < 1.29 is 4.79 Å². The number of nitrogens with one attached hydrogen (secondary N) is 1. The van der Waals surface area contributed by atoms with Crippen molar-refractivity contribution in [3.8, 4) is 0 Å². The van der Waals surface area contributed by atoms with Gasteiger partial charge in [0.1, 0.15) is 5.15 Å². The number of aromatic nitrogens is 1. The highest BCUT2D eigenvalue weighted by atomic mass is 35.5. The molecule has 0 fully saturated rings. The molecule has 0 saturated carbocycles. The van der Waals surface area contributed by atoms with Crippen LogP contribution in [0.1, 0.15) is 42.7 Å². The first-order chi connectivity index (χ1) is 8.43. The molecule has 0 saturated heterocycles. The molecule has 0 aliphatic carbocycles. The first kappa shape index (κ1) is 15.3. The van der Waals surface area contributed by atoms with E-state index in [-0.39, 0.29) is 11.8 Å². The Balaban J connectivity index is 2.79. The zero-order chi connectivity index (χ0) is 13.7. The molecule has 0 bridgehead atoms. The molecule has 1 unspecified atom stereocenters. The number of thioether (sulfide) groups is 1. The van der Waals surface area contributed by atoms with E-state index in [0.717, 1.165) is 5.69 Å². The van der Waals surface area contributed by atoms with Crippen LogP contribution in [0.2, 0.25) is 5.15 Å². The highest BCUT2D eigenvalue weighted by molar-refractivity contribution is 7.99. The van der Waals surface area contributed by atoms with Crippen LogP contribution in [-0.4, -0.2) is 28.9 Å². The number of carbonyl (C=O) groups excluding carboxylic acids is 1. The van der Waals surface area contributed by atoms with Crippen molar-refractivity contribution in [3.63, 3.8) is 0 Å². The van der Waals surface area contributed by atoms with Gasteiger partial charge in [-0.15, -0.1) is 0 Å². The Morgan fingerprint density at radius 2 is 2.11 bits per heavy atom. The summed E-state index contributed by atoms with van der Waals surface area (Å²) in [6.45, 7) is 6.77. The van der Waals surface area contributed by atoms with Crippen molar-refractivity contribution in [2.75, 3.05) is 12.8 Å². The monoisotopic (exact) mass is 286 g/mol. The smallest absolute Gasteiger partial charge is 0.251 e. The Bertz CT molecular complexity index is 423. The standard InChI is InChI=1S/C13H19ClN2OS/c1-8(2)11-5-10(6-12(14)16-11)13(17)15-7-9(3)18-4/h5-6,8-9H,7H2,1-4H3,(H,15,17). The first-order valence-electron chi connectivity index (χ1n) is 5.92. The maximum atomic E-state index is 12.0. The molecule has 18 heavy (non-hydrogen) atoms. The van der Waals surface area contributed by atoms with Gasteiger partial charge in [-0.05, 0) is 24.3 Å². The third-order valence-corrected chi connectivity index (χ3v) is 3.79. The number of hydrogen-bond acceptors (Lipinski definition) is 3. The fraction of sp³-hybridized carbons (Fsp3) is 0.538. The summed E-state index contributed by atoms with van der Waals surface area (Å²) >= 11 is 7.65. The molecule has 1 heterocycles. The third kappa shape index (κ3) is 4.50. The van der Waals surface area contributed by atoms with Crippen molar-refractivity contribution in [2.24, 2.45) is 0 Å². The van der Waals surface area contributed by atoms with E-state index < -0.39 is 0 Å². The summed E-state index contributed by atoms with van der Waals surface area (Å²) in [5, 5.41) is 3.66. The minimum Gasteiger partial charge on any atom is -0.351 e. The summed E-state index contributed by atoms with van der Waals surface area (Å²) in [6, 6.07) is 3.40. The summed E-state index contributed by atoms with van der Waals surface area (Å²) in [6.07, 6.45) is 2.02. The molecule has 5 heteroatoms. The molecular weight excluding hydrogens is 268 g/mol. The maximum absolute atomic E-state index is 12.0. The van der Waals surface area contributed by atoms with Crippen LogP contribution in [0.4, 0.5) is 0 Å². The lowest BCUT2D eigenvalue weighted by atomic mass is 10.1. The number of halogens is 1. The van der Waals surface area contributed by atoms with Crippen LogP contribution in [0, 0.1) is 0 Å². The molecule has 1 amide bonds. The molecule has 0 aromatic carbocycles. The summed E-state index contributed by atoms with van der Waals surface area (Å²) < 4.78 is 0. The minimum atomic E-state index is -0.0953. The average molecular weight is 287 g/mol. The molecule has 1 N–H and O–H groups in total. The molecule has 1 aromatic heterocycles. The van der Waals surface area contributed by atoms with Gasteiger partial charge in [0.2, 0.25) is 0 Å². The van der Waals surface area contributed by atoms with Gasteiger partial charge in [-0.1, -0.05) is 32.4 Å². The number of nitrogens with zero attached hydrogens (tertiary/aromatic N) is 1. The molecular formula is C13H19ClN2OS. The van der Waals surface area contributed by atoms with Crippen molar-refractivity contribution >= 4 is 29.3 Å². The van der Waals surface area contributed by atoms with Gasteiger partial charge in [-0.25, -0.2) is 4.98 Å². The molecule has 0 spiro atoms. The highest BCUT2D eigenvalue weighted by Gasteiger charge is 2.11. The van der Waals surface area contributed by atoms with Gasteiger partial charge in [0.15, 0.2) is 0 Å². The SMILES string of the molecule is CSC(C)CNC(=O)c1cc(Cl)nc(C(C)C)c1. The van der Waals surface area contributed by atoms with Crippen molar-refractivity contribution in [1.82, 2.24) is 10.3 Å². The van der Waals surface area contributed by atoms with Crippen molar-refractivity contribution in [2.45, 2.75) is 31.9 Å². The molecule has 0 aliphatic rings. The molecule has 3 nitrogen and oxygen atoms in total. The fourth-order valence-electron chi connectivity index (χ4n) is 1.37. The number of rotatable bonds is 5. The van der Waals surface area contributed by atoms with Gasteiger partial charge < -0.3 is 5.32 Å². The lowest BCUT2D eigenvalue weighted by molar-refractivity contribution is 0.0954. The predicted molar refractivity (Wildman–Crippen MR) is 78.6 cm³/mol. The second-order valence-corrected chi connectivity index (χ2v) is 6.18. The highest BCUT2D eigenvalue weighted by Crippen LogP contribution is 2.17. The van der Waals surface area contributed by atoms with Gasteiger partial charge in [-0.2, -0.15) is 11.8 Å². The Morgan fingerprint density at radius 1 is 1.44 bits per heavy atom. The molecule has 100 valence electrons. The lowest BCUT2D eigenvalue weighted by Crippen LogP contribution is -2.29. The van der Waals surface area contributed by atoms with Crippen LogP contribution in [-0.2, 0) is 0 Å². The Kier molecular flexibility index (Phi) is 5.96. The molecule has 0 radical (unpaired) electrons. The number of carbonyl (C=O) groups is 1. The van der Waals surface area contributed by atoms with E-state index in [1.54, 1.807) is 23.9 Å². The van der Waals surface area contributed by atoms with Crippen molar-refractivity contribution in [3.05, 3.63) is 28.5 Å². The largest absolute Gasteiger partial charge is 0.351 e. The summed E-state index contributed by atoms with van der Waals surface area (Å²) in [4.78, 5) is 16.2. The van der Waals surface area contributed by atoms with E-state index in [9.17, 15) is 4.79 Å². The normalized spacial score (nSPS) is 12.6. The average Bonchev–Trinajstić information content (AvgIpc) is 2.34. The van der Waals surface area contributed by atoms with Crippen LogP contribution >= 0.6 is 23.4 Å². The van der Waals surface area contributed by atoms with E-state index in [1.165, 1.54) is 0 Å². The van der Waals surface area contributed by atoms with Crippen LogP contribution in [0.25, 0.3) is 0 Å².